The first-order valence-corrected chi connectivity index (χ1v) is 8.23. The number of para-hydroxylation sites is 1. The van der Waals surface area contributed by atoms with Crippen LogP contribution in [0.3, 0.4) is 0 Å². The third kappa shape index (κ3) is 4.29. The van der Waals surface area contributed by atoms with E-state index in [1.807, 2.05) is 0 Å². The van der Waals surface area contributed by atoms with Crippen molar-refractivity contribution in [3.8, 4) is 5.75 Å². The molecule has 2 rings (SSSR count). The third-order valence-corrected chi connectivity index (χ3v) is 3.85. The molecule has 2 aromatic carbocycles. The van der Waals surface area contributed by atoms with Gasteiger partial charge in [0.2, 0.25) is 0 Å². The van der Waals surface area contributed by atoms with Crippen molar-refractivity contribution >= 4 is 21.4 Å². The summed E-state index contributed by atoms with van der Waals surface area (Å²) in [6.45, 7) is -0.385. The van der Waals surface area contributed by atoms with Gasteiger partial charge in [-0.1, -0.05) is 18.2 Å². The lowest BCUT2D eigenvalue weighted by Crippen LogP contribution is -2.20. The van der Waals surface area contributed by atoms with Crippen LogP contribution in [0.25, 0.3) is 0 Å². The Balaban J connectivity index is 2.00. The second-order valence-electron chi connectivity index (χ2n) is 4.57. The molecule has 0 saturated carbocycles. The maximum atomic E-state index is 13.3. The molecule has 0 spiro atoms. The molecule has 5 nitrogen and oxygen atoms in total. The Morgan fingerprint density at radius 1 is 1.18 bits per heavy atom. The molecular weight excluding hydrogens is 309 g/mol. The summed E-state index contributed by atoms with van der Waals surface area (Å²) >= 11 is 0. The van der Waals surface area contributed by atoms with Crippen LogP contribution in [0, 0.1) is 5.82 Å². The highest BCUT2D eigenvalue weighted by Gasteiger charge is 2.10. The maximum absolute atomic E-state index is 13.3. The van der Waals surface area contributed by atoms with Crippen LogP contribution in [0.15, 0.2) is 53.4 Å². The molecule has 0 atom stereocenters. The Morgan fingerprint density at radius 2 is 1.91 bits per heavy atom. The van der Waals surface area contributed by atoms with E-state index in [1.54, 1.807) is 12.1 Å². The van der Waals surface area contributed by atoms with E-state index in [1.165, 1.54) is 36.4 Å². The number of anilines is 1. The van der Waals surface area contributed by atoms with Gasteiger partial charge < -0.3 is 10.1 Å². The number of nitrogens with one attached hydrogen (secondary N) is 1. The van der Waals surface area contributed by atoms with Gasteiger partial charge in [0, 0.05) is 11.9 Å². The number of benzene rings is 2. The number of hydrogen-bond donors (Lipinski definition) is 1. The normalized spacial score (nSPS) is 11.0. The molecule has 0 fully saturated rings. The highest BCUT2D eigenvalue weighted by Crippen LogP contribution is 2.17. The van der Waals surface area contributed by atoms with Gasteiger partial charge in [0.1, 0.15) is 0 Å². The number of sulfone groups is 1. The second-order valence-corrected chi connectivity index (χ2v) is 6.58. The van der Waals surface area contributed by atoms with Crippen LogP contribution in [0.5, 0.6) is 5.75 Å². The van der Waals surface area contributed by atoms with Crippen molar-refractivity contribution < 1.29 is 22.3 Å². The molecular formula is C15H14FNO4S. The van der Waals surface area contributed by atoms with E-state index in [9.17, 15) is 17.6 Å². The molecule has 0 aliphatic rings. The Hall–Kier alpha value is -2.41. The lowest BCUT2D eigenvalue weighted by Gasteiger charge is -2.09. The van der Waals surface area contributed by atoms with Crippen molar-refractivity contribution in [2.75, 3.05) is 18.2 Å². The first-order valence-electron chi connectivity index (χ1n) is 6.33. The van der Waals surface area contributed by atoms with E-state index in [0.29, 0.717) is 5.69 Å². The zero-order chi connectivity index (χ0) is 16.2. The highest BCUT2D eigenvalue weighted by atomic mass is 32.2. The molecule has 0 radical (unpaired) electrons. The van der Waals surface area contributed by atoms with Gasteiger partial charge in [-0.15, -0.1) is 0 Å². The Bertz CT molecular complexity index is 790. The average Bonchev–Trinajstić information content (AvgIpc) is 2.46. The molecule has 1 N–H and O–H groups in total. The minimum absolute atomic E-state index is 0.0254. The van der Waals surface area contributed by atoms with Crippen molar-refractivity contribution in [2.45, 2.75) is 4.90 Å². The Kier molecular flexibility index (Phi) is 4.77. The number of rotatable bonds is 5. The summed E-state index contributed by atoms with van der Waals surface area (Å²) in [4.78, 5) is 11.8. The number of ether oxygens (including phenoxy) is 1. The van der Waals surface area contributed by atoms with Gasteiger partial charge in [-0.25, -0.2) is 12.8 Å². The average molecular weight is 323 g/mol. The van der Waals surface area contributed by atoms with Crippen molar-refractivity contribution in [3.63, 3.8) is 0 Å². The monoisotopic (exact) mass is 323 g/mol. The zero-order valence-electron chi connectivity index (χ0n) is 11.7. The zero-order valence-corrected chi connectivity index (χ0v) is 12.6. The summed E-state index contributed by atoms with van der Waals surface area (Å²) in [6.07, 6.45) is 1.08. The standard InChI is InChI=1S/C15H14FNO4S/c1-22(19,20)12-6-4-5-11(9-12)17-15(18)10-21-14-8-3-2-7-13(14)16/h2-9H,10H2,1H3,(H,17,18). The molecule has 7 heteroatoms. The fourth-order valence-corrected chi connectivity index (χ4v) is 2.37. The predicted octanol–water partition coefficient (Wildman–Crippen LogP) is 2.25. The van der Waals surface area contributed by atoms with E-state index in [2.05, 4.69) is 5.32 Å². The van der Waals surface area contributed by atoms with Crippen LogP contribution < -0.4 is 10.1 Å². The van der Waals surface area contributed by atoms with Gasteiger partial charge in [-0.2, -0.15) is 0 Å². The van der Waals surface area contributed by atoms with E-state index in [4.69, 9.17) is 4.74 Å². The van der Waals surface area contributed by atoms with Crippen molar-refractivity contribution in [1.82, 2.24) is 0 Å². The topological polar surface area (TPSA) is 72.5 Å². The van der Waals surface area contributed by atoms with Gasteiger partial charge in [0.05, 0.1) is 4.90 Å². The molecule has 0 aliphatic heterocycles. The largest absolute Gasteiger partial charge is 0.481 e. The molecule has 0 heterocycles. The van der Waals surface area contributed by atoms with E-state index in [0.717, 1.165) is 6.26 Å². The summed E-state index contributed by atoms with van der Waals surface area (Å²) in [7, 11) is -3.35. The molecule has 2 aromatic rings. The predicted molar refractivity (Wildman–Crippen MR) is 80.1 cm³/mol. The Labute approximate surface area is 127 Å². The van der Waals surface area contributed by atoms with Gasteiger partial charge in [-0.05, 0) is 30.3 Å². The van der Waals surface area contributed by atoms with E-state index >= 15 is 0 Å². The number of halogens is 1. The maximum Gasteiger partial charge on any atom is 0.262 e. The second kappa shape index (κ2) is 6.57. The molecule has 0 aromatic heterocycles. The fourth-order valence-electron chi connectivity index (χ4n) is 1.71. The van der Waals surface area contributed by atoms with E-state index in [-0.39, 0.29) is 17.3 Å². The van der Waals surface area contributed by atoms with Crippen molar-refractivity contribution in [3.05, 3.63) is 54.3 Å². The SMILES string of the molecule is CS(=O)(=O)c1cccc(NC(=O)COc2ccccc2F)c1. The smallest absolute Gasteiger partial charge is 0.262 e. The number of carbonyl (C=O) groups excluding carboxylic acids is 1. The number of amides is 1. The van der Waals surface area contributed by atoms with Crippen LogP contribution in [-0.2, 0) is 14.6 Å². The molecule has 1 amide bonds. The molecule has 116 valence electrons. The number of hydrogen-bond acceptors (Lipinski definition) is 4. The quantitative estimate of drug-likeness (QED) is 0.916. The van der Waals surface area contributed by atoms with Crippen LogP contribution in [-0.4, -0.2) is 27.2 Å². The van der Waals surface area contributed by atoms with Crippen molar-refractivity contribution in [1.29, 1.82) is 0 Å². The summed E-state index contributed by atoms with van der Waals surface area (Å²) in [5.74, 6) is -1.11. The lowest BCUT2D eigenvalue weighted by atomic mass is 10.3. The molecule has 0 aliphatic carbocycles. The minimum atomic E-state index is -3.35. The molecule has 22 heavy (non-hydrogen) atoms. The molecule has 0 saturated heterocycles. The summed E-state index contributed by atoms with van der Waals surface area (Å²) in [5.41, 5.74) is 0.324. The van der Waals surface area contributed by atoms with Gasteiger partial charge >= 0.3 is 0 Å². The Morgan fingerprint density at radius 3 is 2.59 bits per heavy atom. The lowest BCUT2D eigenvalue weighted by molar-refractivity contribution is -0.118. The minimum Gasteiger partial charge on any atom is -0.481 e. The van der Waals surface area contributed by atoms with Crippen LogP contribution in [0.1, 0.15) is 0 Å². The molecule has 0 unspecified atom stereocenters. The van der Waals surface area contributed by atoms with E-state index < -0.39 is 21.6 Å². The highest BCUT2D eigenvalue weighted by molar-refractivity contribution is 7.90. The third-order valence-electron chi connectivity index (χ3n) is 2.74. The van der Waals surface area contributed by atoms with Gasteiger partial charge in [0.15, 0.2) is 28.0 Å². The van der Waals surface area contributed by atoms with Crippen molar-refractivity contribution in [2.24, 2.45) is 0 Å². The molecule has 0 bridgehead atoms. The van der Waals surface area contributed by atoms with Crippen LogP contribution >= 0.6 is 0 Å². The van der Waals surface area contributed by atoms with Crippen LogP contribution in [0.2, 0.25) is 0 Å². The number of carbonyl (C=O) groups is 1. The first kappa shape index (κ1) is 16.0. The van der Waals surface area contributed by atoms with Gasteiger partial charge in [-0.3, -0.25) is 4.79 Å². The first-order chi connectivity index (χ1) is 10.4. The summed E-state index contributed by atoms with van der Waals surface area (Å²) in [6, 6.07) is 11.6. The van der Waals surface area contributed by atoms with Gasteiger partial charge in [0.25, 0.3) is 5.91 Å². The summed E-state index contributed by atoms with van der Waals surface area (Å²) in [5, 5.41) is 2.49. The van der Waals surface area contributed by atoms with Crippen LogP contribution in [0.4, 0.5) is 10.1 Å². The summed E-state index contributed by atoms with van der Waals surface area (Å²) < 4.78 is 41.3. The fraction of sp³-hybridized carbons (Fsp3) is 0.133.